The van der Waals surface area contributed by atoms with Gasteiger partial charge in [-0.2, -0.15) is 0 Å². The molecule has 4 nitrogen and oxygen atoms in total. The minimum Gasteiger partial charge on any atom is -0.348 e. The molecule has 0 saturated carbocycles. The monoisotopic (exact) mass is 420 g/mol. The number of piperidine rings is 1. The van der Waals surface area contributed by atoms with Crippen LogP contribution in [0.3, 0.4) is 0 Å². The third-order valence-corrected chi connectivity index (χ3v) is 7.37. The number of hydrogen-bond acceptors (Lipinski definition) is 3. The second-order valence-corrected chi connectivity index (χ2v) is 9.05. The maximum Gasteiger partial charge on any atom is 0.261 e. The highest BCUT2D eigenvalue weighted by atomic mass is 32.1. The summed E-state index contributed by atoms with van der Waals surface area (Å²) in [4.78, 5) is 28.7. The molecule has 0 aliphatic carbocycles. The molecule has 156 valence electrons. The number of aryl methyl sites for hydroxylation is 1. The Hall–Kier alpha value is -2.66. The Morgan fingerprint density at radius 3 is 2.40 bits per heavy atom. The van der Waals surface area contributed by atoms with Crippen LogP contribution in [-0.2, 0) is 4.79 Å². The highest BCUT2D eigenvalue weighted by molar-refractivity contribution is 7.21. The van der Waals surface area contributed by atoms with Crippen molar-refractivity contribution in [1.29, 1.82) is 0 Å². The average molecular weight is 421 g/mol. The zero-order valence-electron chi connectivity index (χ0n) is 17.6. The van der Waals surface area contributed by atoms with Gasteiger partial charge in [-0.3, -0.25) is 9.59 Å². The lowest BCUT2D eigenvalue weighted by Crippen LogP contribution is -2.47. The first-order valence-electron chi connectivity index (χ1n) is 10.7. The molecule has 1 aromatic heterocycles. The summed E-state index contributed by atoms with van der Waals surface area (Å²) in [7, 11) is 0. The SMILES string of the molecule is CCC(C(=O)N1CCC(NC(=O)c2sc3ccccc3c2C)CC1)c1ccccc1. The molecule has 0 bridgehead atoms. The van der Waals surface area contributed by atoms with Gasteiger partial charge in [0.2, 0.25) is 5.91 Å². The van der Waals surface area contributed by atoms with Gasteiger partial charge >= 0.3 is 0 Å². The van der Waals surface area contributed by atoms with Crippen molar-refractivity contribution in [3.63, 3.8) is 0 Å². The van der Waals surface area contributed by atoms with E-state index in [1.54, 1.807) is 11.3 Å². The van der Waals surface area contributed by atoms with Crippen molar-refractivity contribution in [2.75, 3.05) is 13.1 Å². The van der Waals surface area contributed by atoms with Crippen molar-refractivity contribution in [2.24, 2.45) is 0 Å². The molecule has 1 aliphatic rings. The fourth-order valence-corrected chi connectivity index (χ4v) is 5.46. The van der Waals surface area contributed by atoms with Crippen LogP contribution in [0.2, 0.25) is 0 Å². The summed E-state index contributed by atoms with van der Waals surface area (Å²) in [6.45, 7) is 5.47. The number of benzene rings is 2. The highest BCUT2D eigenvalue weighted by Crippen LogP contribution is 2.31. The quantitative estimate of drug-likeness (QED) is 0.622. The zero-order valence-corrected chi connectivity index (χ0v) is 18.4. The molecule has 0 radical (unpaired) electrons. The summed E-state index contributed by atoms with van der Waals surface area (Å²) in [6, 6.07) is 18.3. The first-order chi connectivity index (χ1) is 14.6. The molecule has 1 fully saturated rings. The maximum atomic E-state index is 13.1. The van der Waals surface area contributed by atoms with Gasteiger partial charge in [0.05, 0.1) is 10.8 Å². The number of nitrogens with one attached hydrogen (secondary N) is 1. The van der Waals surface area contributed by atoms with Gasteiger partial charge in [-0.15, -0.1) is 11.3 Å². The van der Waals surface area contributed by atoms with Crippen molar-refractivity contribution in [3.05, 3.63) is 70.6 Å². The number of carbonyl (C=O) groups excluding carboxylic acids is 2. The van der Waals surface area contributed by atoms with Gasteiger partial charge in [0, 0.05) is 23.8 Å². The van der Waals surface area contributed by atoms with Gasteiger partial charge < -0.3 is 10.2 Å². The van der Waals surface area contributed by atoms with Crippen molar-refractivity contribution in [2.45, 2.75) is 45.1 Å². The number of hydrogen-bond donors (Lipinski definition) is 1. The Bertz CT molecular complexity index is 1040. The Morgan fingerprint density at radius 1 is 1.07 bits per heavy atom. The smallest absolute Gasteiger partial charge is 0.261 e. The van der Waals surface area contributed by atoms with Crippen molar-refractivity contribution in [1.82, 2.24) is 10.2 Å². The minimum atomic E-state index is -0.0847. The van der Waals surface area contributed by atoms with Gasteiger partial charge in [-0.1, -0.05) is 55.5 Å². The second kappa shape index (κ2) is 9.00. The predicted octanol–water partition coefficient (Wildman–Crippen LogP) is 5.12. The van der Waals surface area contributed by atoms with E-state index in [0.29, 0.717) is 13.1 Å². The average Bonchev–Trinajstić information content (AvgIpc) is 3.12. The number of amides is 2. The summed E-state index contributed by atoms with van der Waals surface area (Å²) in [5, 5.41) is 4.36. The number of nitrogens with zero attached hydrogens (tertiary/aromatic N) is 1. The molecule has 1 unspecified atom stereocenters. The molecule has 4 rings (SSSR count). The molecule has 3 aromatic rings. The Balaban J connectivity index is 1.36. The Morgan fingerprint density at radius 2 is 1.73 bits per heavy atom. The lowest BCUT2D eigenvalue weighted by Gasteiger charge is -2.34. The lowest BCUT2D eigenvalue weighted by atomic mass is 9.93. The summed E-state index contributed by atoms with van der Waals surface area (Å²) in [5.74, 6) is 0.126. The third-order valence-electron chi connectivity index (χ3n) is 6.10. The molecule has 0 spiro atoms. The molecule has 2 heterocycles. The molecule has 1 atom stereocenters. The van der Waals surface area contributed by atoms with Crippen LogP contribution in [0.25, 0.3) is 10.1 Å². The number of likely N-dealkylation sites (tertiary alicyclic amines) is 1. The molecule has 1 aliphatic heterocycles. The number of carbonyl (C=O) groups is 2. The molecule has 2 aromatic carbocycles. The highest BCUT2D eigenvalue weighted by Gasteiger charge is 2.29. The first-order valence-corrected chi connectivity index (χ1v) is 11.5. The number of thiophene rings is 1. The van der Waals surface area contributed by atoms with Crippen LogP contribution >= 0.6 is 11.3 Å². The van der Waals surface area contributed by atoms with Crippen molar-refractivity contribution in [3.8, 4) is 0 Å². The van der Waals surface area contributed by atoms with E-state index in [1.807, 2.05) is 54.3 Å². The van der Waals surface area contributed by atoms with E-state index in [0.717, 1.165) is 45.4 Å². The molecule has 30 heavy (non-hydrogen) atoms. The Kier molecular flexibility index (Phi) is 6.18. The van der Waals surface area contributed by atoms with Crippen LogP contribution in [-0.4, -0.2) is 35.8 Å². The van der Waals surface area contributed by atoms with Crippen molar-refractivity contribution >= 4 is 33.2 Å². The van der Waals surface area contributed by atoms with Gasteiger partial charge in [-0.05, 0) is 48.8 Å². The number of fused-ring (bicyclic) bond motifs is 1. The second-order valence-electron chi connectivity index (χ2n) is 8.00. The fourth-order valence-electron chi connectivity index (χ4n) is 4.34. The molecule has 2 amide bonds. The summed E-state index contributed by atoms with van der Waals surface area (Å²) in [6.07, 6.45) is 2.39. The van der Waals surface area contributed by atoms with Crippen LogP contribution < -0.4 is 5.32 Å². The van der Waals surface area contributed by atoms with Gasteiger partial charge in [-0.25, -0.2) is 0 Å². The standard InChI is InChI=1S/C25H28N2O2S/c1-3-20(18-9-5-4-6-10-18)25(29)27-15-13-19(14-16-27)26-24(28)23-17(2)21-11-7-8-12-22(21)30-23/h4-12,19-20H,3,13-16H2,1-2H3,(H,26,28). The normalized spacial score (nSPS) is 15.9. The van der Waals surface area contributed by atoms with E-state index in [2.05, 4.69) is 24.4 Å². The topological polar surface area (TPSA) is 49.4 Å². The van der Waals surface area contributed by atoms with Gasteiger partial charge in [0.25, 0.3) is 5.91 Å². The minimum absolute atomic E-state index is 0.00852. The summed E-state index contributed by atoms with van der Waals surface area (Å²) >= 11 is 1.55. The van der Waals surface area contributed by atoms with Gasteiger partial charge in [0.15, 0.2) is 0 Å². The van der Waals surface area contributed by atoms with Crippen LogP contribution in [0.5, 0.6) is 0 Å². The fraction of sp³-hybridized carbons (Fsp3) is 0.360. The molecular weight excluding hydrogens is 392 g/mol. The van der Waals surface area contributed by atoms with Crippen molar-refractivity contribution < 1.29 is 9.59 Å². The van der Waals surface area contributed by atoms with Crippen LogP contribution in [0.4, 0.5) is 0 Å². The van der Waals surface area contributed by atoms with Gasteiger partial charge in [0.1, 0.15) is 0 Å². The first kappa shape index (κ1) is 20.6. The maximum absolute atomic E-state index is 13.1. The lowest BCUT2D eigenvalue weighted by molar-refractivity contribution is -0.134. The molecule has 1 saturated heterocycles. The molecule has 1 N–H and O–H groups in total. The van der Waals surface area contributed by atoms with E-state index in [9.17, 15) is 9.59 Å². The van der Waals surface area contributed by atoms with E-state index < -0.39 is 0 Å². The van der Waals surface area contributed by atoms with E-state index in [1.165, 1.54) is 0 Å². The van der Waals surface area contributed by atoms with E-state index in [4.69, 9.17) is 0 Å². The summed E-state index contributed by atoms with van der Waals surface area (Å²) in [5.41, 5.74) is 2.13. The largest absolute Gasteiger partial charge is 0.348 e. The number of rotatable bonds is 5. The third kappa shape index (κ3) is 4.12. The van der Waals surface area contributed by atoms with E-state index in [-0.39, 0.29) is 23.8 Å². The molecular formula is C25H28N2O2S. The van der Waals surface area contributed by atoms with Crippen LogP contribution in [0.15, 0.2) is 54.6 Å². The summed E-state index contributed by atoms with van der Waals surface area (Å²) < 4.78 is 1.15. The Labute approximate surface area is 181 Å². The van der Waals surface area contributed by atoms with E-state index >= 15 is 0 Å². The predicted molar refractivity (Wildman–Crippen MR) is 123 cm³/mol. The van der Waals surface area contributed by atoms with Crippen LogP contribution in [0.1, 0.15) is 52.9 Å². The van der Waals surface area contributed by atoms with Crippen LogP contribution in [0, 0.1) is 6.92 Å². The molecule has 5 heteroatoms. The zero-order chi connectivity index (χ0) is 21.1.